The maximum absolute atomic E-state index is 5.76. The summed E-state index contributed by atoms with van der Waals surface area (Å²) in [6, 6.07) is 8.32. The highest BCUT2D eigenvalue weighted by molar-refractivity contribution is 6.28. The lowest BCUT2D eigenvalue weighted by Crippen LogP contribution is -2.43. The highest BCUT2D eigenvalue weighted by Gasteiger charge is 2.19. The van der Waals surface area contributed by atoms with Gasteiger partial charge < -0.3 is 14.4 Å². The summed E-state index contributed by atoms with van der Waals surface area (Å²) in [5.41, 5.74) is 1.12. The first-order chi connectivity index (χ1) is 10.2. The molecule has 2 aromatic rings. The second kappa shape index (κ2) is 6.28. The molecule has 0 radical (unpaired) electrons. The standard InChI is InChI=1S/C15H16ClN3O2/c1-11-10-20-6-5-19(11)12-3-2-4-13(7-12)21-14-8-17-15(16)18-9-14/h2-4,7-9,11H,5-6,10H2,1H3. The van der Waals surface area contributed by atoms with Crippen molar-refractivity contribution in [2.24, 2.45) is 0 Å². The fraction of sp³-hybridized carbons (Fsp3) is 0.333. The van der Waals surface area contributed by atoms with Crippen LogP contribution in [-0.2, 0) is 4.74 Å². The molecular weight excluding hydrogens is 290 g/mol. The summed E-state index contributed by atoms with van der Waals surface area (Å²) in [6.45, 7) is 4.53. The Balaban J connectivity index is 1.78. The van der Waals surface area contributed by atoms with E-state index in [1.807, 2.05) is 18.2 Å². The van der Waals surface area contributed by atoms with Crippen molar-refractivity contribution in [1.82, 2.24) is 9.97 Å². The summed E-state index contributed by atoms with van der Waals surface area (Å²) in [6.07, 6.45) is 3.11. The third kappa shape index (κ3) is 3.43. The van der Waals surface area contributed by atoms with E-state index in [-0.39, 0.29) is 5.28 Å². The molecule has 1 aliphatic heterocycles. The summed E-state index contributed by atoms with van der Waals surface area (Å²) in [7, 11) is 0. The third-order valence-electron chi connectivity index (χ3n) is 3.35. The molecule has 2 heterocycles. The molecule has 0 bridgehead atoms. The minimum atomic E-state index is 0.207. The Morgan fingerprint density at radius 2 is 2.10 bits per heavy atom. The van der Waals surface area contributed by atoms with Crippen molar-refractivity contribution in [2.75, 3.05) is 24.7 Å². The van der Waals surface area contributed by atoms with Crippen molar-refractivity contribution in [2.45, 2.75) is 13.0 Å². The van der Waals surface area contributed by atoms with Gasteiger partial charge >= 0.3 is 0 Å². The number of hydrogen-bond donors (Lipinski definition) is 0. The number of benzene rings is 1. The van der Waals surface area contributed by atoms with Gasteiger partial charge in [0.25, 0.3) is 0 Å². The Morgan fingerprint density at radius 1 is 1.29 bits per heavy atom. The van der Waals surface area contributed by atoms with Crippen LogP contribution >= 0.6 is 11.6 Å². The zero-order chi connectivity index (χ0) is 14.7. The van der Waals surface area contributed by atoms with Gasteiger partial charge in [0, 0.05) is 24.3 Å². The number of rotatable bonds is 3. The van der Waals surface area contributed by atoms with E-state index in [1.165, 1.54) is 0 Å². The van der Waals surface area contributed by atoms with E-state index in [4.69, 9.17) is 21.1 Å². The molecule has 6 heteroatoms. The molecular formula is C15H16ClN3O2. The van der Waals surface area contributed by atoms with Crippen LogP contribution < -0.4 is 9.64 Å². The zero-order valence-corrected chi connectivity index (χ0v) is 12.5. The number of anilines is 1. The van der Waals surface area contributed by atoms with Crippen LogP contribution in [0, 0.1) is 0 Å². The molecule has 1 aromatic carbocycles. The number of halogens is 1. The van der Waals surface area contributed by atoms with Gasteiger partial charge in [-0.25, -0.2) is 9.97 Å². The van der Waals surface area contributed by atoms with Crippen molar-refractivity contribution in [3.8, 4) is 11.5 Å². The predicted molar refractivity (Wildman–Crippen MR) is 81.2 cm³/mol. The van der Waals surface area contributed by atoms with Gasteiger partial charge in [-0.3, -0.25) is 0 Å². The monoisotopic (exact) mass is 305 g/mol. The normalized spacial score (nSPS) is 18.6. The molecule has 5 nitrogen and oxygen atoms in total. The summed E-state index contributed by atoms with van der Waals surface area (Å²) in [5.74, 6) is 1.31. The molecule has 21 heavy (non-hydrogen) atoms. The number of hydrogen-bond acceptors (Lipinski definition) is 5. The molecule has 0 spiro atoms. The second-order valence-electron chi connectivity index (χ2n) is 4.90. The lowest BCUT2D eigenvalue weighted by atomic mass is 10.2. The fourth-order valence-corrected chi connectivity index (χ4v) is 2.42. The van der Waals surface area contributed by atoms with E-state index in [2.05, 4.69) is 27.9 Å². The van der Waals surface area contributed by atoms with Crippen LogP contribution in [0.5, 0.6) is 11.5 Å². The summed E-state index contributed by atoms with van der Waals surface area (Å²) in [4.78, 5) is 10.1. The highest BCUT2D eigenvalue weighted by atomic mass is 35.5. The summed E-state index contributed by atoms with van der Waals surface area (Å²) in [5, 5.41) is 0.207. The van der Waals surface area contributed by atoms with Crippen molar-refractivity contribution in [3.63, 3.8) is 0 Å². The topological polar surface area (TPSA) is 47.5 Å². The molecule has 110 valence electrons. The third-order valence-corrected chi connectivity index (χ3v) is 3.54. The van der Waals surface area contributed by atoms with Crippen LogP contribution in [0.3, 0.4) is 0 Å². The van der Waals surface area contributed by atoms with Crippen LogP contribution in [0.4, 0.5) is 5.69 Å². The van der Waals surface area contributed by atoms with Crippen molar-refractivity contribution in [3.05, 3.63) is 41.9 Å². The minimum Gasteiger partial charge on any atom is -0.454 e. The van der Waals surface area contributed by atoms with Gasteiger partial charge in [-0.2, -0.15) is 0 Å². The summed E-state index contributed by atoms with van der Waals surface area (Å²) >= 11 is 5.66. The number of morpholine rings is 1. The van der Waals surface area contributed by atoms with Gasteiger partial charge in [0.15, 0.2) is 5.75 Å². The predicted octanol–water partition coefficient (Wildman–Crippen LogP) is 3.15. The highest BCUT2D eigenvalue weighted by Crippen LogP contribution is 2.27. The van der Waals surface area contributed by atoms with Crippen LogP contribution in [0.2, 0.25) is 5.28 Å². The van der Waals surface area contributed by atoms with Gasteiger partial charge in [0.1, 0.15) is 5.75 Å². The average Bonchev–Trinajstić information content (AvgIpc) is 2.50. The molecule has 0 amide bonds. The molecule has 0 N–H and O–H groups in total. The van der Waals surface area contributed by atoms with E-state index in [0.29, 0.717) is 11.8 Å². The quantitative estimate of drug-likeness (QED) is 0.815. The van der Waals surface area contributed by atoms with Crippen LogP contribution in [0.25, 0.3) is 0 Å². The van der Waals surface area contributed by atoms with Gasteiger partial charge in [0.05, 0.1) is 25.6 Å². The lowest BCUT2D eigenvalue weighted by molar-refractivity contribution is 0.0989. The zero-order valence-electron chi connectivity index (χ0n) is 11.7. The largest absolute Gasteiger partial charge is 0.454 e. The molecule has 0 aliphatic carbocycles. The smallest absolute Gasteiger partial charge is 0.222 e. The Kier molecular flexibility index (Phi) is 4.22. The molecule has 1 saturated heterocycles. The van der Waals surface area contributed by atoms with Crippen molar-refractivity contribution >= 4 is 17.3 Å². The van der Waals surface area contributed by atoms with Gasteiger partial charge in [-0.1, -0.05) is 6.07 Å². The number of nitrogens with zero attached hydrogens (tertiary/aromatic N) is 3. The first-order valence-corrected chi connectivity index (χ1v) is 7.20. The van der Waals surface area contributed by atoms with E-state index < -0.39 is 0 Å². The average molecular weight is 306 g/mol. The fourth-order valence-electron chi connectivity index (χ4n) is 2.33. The summed E-state index contributed by atoms with van der Waals surface area (Å²) < 4.78 is 11.2. The van der Waals surface area contributed by atoms with Gasteiger partial charge in [-0.05, 0) is 30.7 Å². The van der Waals surface area contributed by atoms with Gasteiger partial charge in [-0.15, -0.1) is 0 Å². The molecule has 0 saturated carbocycles. The first kappa shape index (κ1) is 14.1. The van der Waals surface area contributed by atoms with Crippen LogP contribution in [-0.4, -0.2) is 35.8 Å². The minimum absolute atomic E-state index is 0.207. The molecule has 1 atom stereocenters. The van der Waals surface area contributed by atoms with E-state index in [1.54, 1.807) is 12.4 Å². The molecule has 1 fully saturated rings. The van der Waals surface area contributed by atoms with Gasteiger partial charge in [0.2, 0.25) is 5.28 Å². The SMILES string of the molecule is CC1COCCN1c1cccc(Oc2cnc(Cl)nc2)c1. The first-order valence-electron chi connectivity index (χ1n) is 6.82. The Bertz CT molecular complexity index is 606. The van der Waals surface area contributed by atoms with Crippen molar-refractivity contribution < 1.29 is 9.47 Å². The molecule has 1 aliphatic rings. The Morgan fingerprint density at radius 3 is 2.86 bits per heavy atom. The second-order valence-corrected chi connectivity index (χ2v) is 5.24. The molecule has 1 aromatic heterocycles. The van der Waals surface area contributed by atoms with Crippen LogP contribution in [0.15, 0.2) is 36.7 Å². The Hall–Kier alpha value is -1.85. The van der Waals surface area contributed by atoms with E-state index in [9.17, 15) is 0 Å². The maximum atomic E-state index is 5.76. The molecule has 1 unspecified atom stereocenters. The van der Waals surface area contributed by atoms with E-state index in [0.717, 1.165) is 31.2 Å². The Labute approximate surface area is 128 Å². The number of aromatic nitrogens is 2. The van der Waals surface area contributed by atoms with Crippen molar-refractivity contribution in [1.29, 1.82) is 0 Å². The maximum Gasteiger partial charge on any atom is 0.222 e. The van der Waals surface area contributed by atoms with Crippen LogP contribution in [0.1, 0.15) is 6.92 Å². The van der Waals surface area contributed by atoms with E-state index >= 15 is 0 Å². The lowest BCUT2D eigenvalue weighted by Gasteiger charge is -2.35. The number of ether oxygens (including phenoxy) is 2. The molecule has 3 rings (SSSR count).